The summed E-state index contributed by atoms with van der Waals surface area (Å²) in [6, 6.07) is 9.20. The van der Waals surface area contributed by atoms with E-state index >= 15 is 0 Å². The molecule has 2 aliphatic heterocycles. The number of piperidine rings is 1. The van der Waals surface area contributed by atoms with Crippen LogP contribution in [0.25, 0.3) is 0 Å². The molecule has 2 fully saturated rings. The van der Waals surface area contributed by atoms with Gasteiger partial charge in [-0.15, -0.1) is 12.4 Å². The lowest BCUT2D eigenvalue weighted by molar-refractivity contribution is -0.136. The fraction of sp³-hybridized carbons (Fsp3) is 0.632. The maximum Gasteiger partial charge on any atom is 0.227 e. The summed E-state index contributed by atoms with van der Waals surface area (Å²) in [5, 5.41) is 0. The summed E-state index contributed by atoms with van der Waals surface area (Å²) < 4.78 is 27.1. The second-order valence-corrected chi connectivity index (χ2v) is 9.93. The van der Waals surface area contributed by atoms with Gasteiger partial charge in [-0.3, -0.25) is 4.79 Å². The number of halogens is 1. The molecule has 2 N–H and O–H groups in total. The Hall–Kier alpha value is -1.15. The molecule has 1 amide bonds. The molecule has 27 heavy (non-hydrogen) atoms. The lowest BCUT2D eigenvalue weighted by Crippen LogP contribution is -2.47. The van der Waals surface area contributed by atoms with Crippen molar-refractivity contribution in [2.45, 2.75) is 31.9 Å². The van der Waals surface area contributed by atoms with Gasteiger partial charge in [-0.25, -0.2) is 12.7 Å². The maximum absolute atomic E-state index is 12.9. The minimum atomic E-state index is -3.41. The first-order valence-electron chi connectivity index (χ1n) is 9.34. The summed E-state index contributed by atoms with van der Waals surface area (Å²) in [5.41, 5.74) is 6.60. The van der Waals surface area contributed by atoms with Crippen LogP contribution in [0.1, 0.15) is 31.7 Å². The highest BCUT2D eigenvalue weighted by Gasteiger charge is 2.39. The van der Waals surface area contributed by atoms with Crippen LogP contribution in [0.3, 0.4) is 0 Å². The number of carbonyl (C=O) groups excluding carboxylic acids is 1. The van der Waals surface area contributed by atoms with Gasteiger partial charge in [-0.1, -0.05) is 37.3 Å². The van der Waals surface area contributed by atoms with Crippen molar-refractivity contribution in [2.75, 3.05) is 32.7 Å². The highest BCUT2D eigenvalue weighted by Crippen LogP contribution is 2.31. The number of sulfonamides is 1. The number of likely N-dealkylation sites (tertiary alicyclic amines) is 1. The van der Waals surface area contributed by atoms with Crippen molar-refractivity contribution in [1.29, 1.82) is 0 Å². The summed E-state index contributed by atoms with van der Waals surface area (Å²) in [7, 11) is -3.41. The molecule has 0 aromatic heterocycles. The molecule has 2 atom stereocenters. The summed E-state index contributed by atoms with van der Waals surface area (Å²) in [4.78, 5) is 14.8. The van der Waals surface area contributed by atoms with Gasteiger partial charge in [0.2, 0.25) is 15.9 Å². The molecular formula is C19H30ClN3O3S. The van der Waals surface area contributed by atoms with Gasteiger partial charge >= 0.3 is 0 Å². The van der Waals surface area contributed by atoms with Crippen LogP contribution < -0.4 is 5.73 Å². The number of nitrogens with zero attached hydrogens (tertiary/aromatic N) is 2. The zero-order valence-electron chi connectivity index (χ0n) is 15.8. The predicted octanol–water partition coefficient (Wildman–Crippen LogP) is 1.85. The molecule has 2 unspecified atom stereocenters. The van der Waals surface area contributed by atoms with Crippen LogP contribution in [-0.4, -0.2) is 56.3 Å². The summed E-state index contributed by atoms with van der Waals surface area (Å²) >= 11 is 0. The fourth-order valence-corrected chi connectivity index (χ4v) is 5.52. The number of nitrogens with two attached hydrogens (primary N) is 1. The molecule has 0 bridgehead atoms. The molecule has 0 aliphatic carbocycles. The maximum atomic E-state index is 12.9. The number of hydrogen-bond donors (Lipinski definition) is 1. The Labute approximate surface area is 168 Å². The molecule has 0 radical (unpaired) electrons. The van der Waals surface area contributed by atoms with Crippen molar-refractivity contribution in [3.8, 4) is 0 Å². The number of hydrogen-bond acceptors (Lipinski definition) is 4. The standard InChI is InChI=1S/C19H29N3O3S.ClH/c1-19(14-20)9-11-21(15-19)18(23)17-8-5-10-22(12-17)26(24,25)13-16-6-3-2-4-7-16;/h2-4,6-7,17H,5,8-15,20H2,1H3;1H. The van der Waals surface area contributed by atoms with Crippen LogP contribution in [0, 0.1) is 11.3 Å². The Morgan fingerprint density at radius 3 is 2.59 bits per heavy atom. The van der Waals surface area contributed by atoms with E-state index in [1.54, 1.807) is 0 Å². The van der Waals surface area contributed by atoms with Gasteiger partial charge in [0.05, 0.1) is 11.7 Å². The van der Waals surface area contributed by atoms with Crippen LogP contribution in [0.4, 0.5) is 0 Å². The largest absolute Gasteiger partial charge is 0.342 e. The van der Waals surface area contributed by atoms with Crippen LogP contribution in [0.15, 0.2) is 30.3 Å². The first kappa shape index (κ1) is 22.1. The Balaban J connectivity index is 0.00000261. The first-order valence-corrected chi connectivity index (χ1v) is 10.9. The SMILES string of the molecule is CC1(CN)CCN(C(=O)C2CCCN(S(=O)(=O)Cc3ccccc3)C2)C1.Cl. The van der Waals surface area contributed by atoms with E-state index in [-0.39, 0.29) is 35.4 Å². The van der Waals surface area contributed by atoms with Gasteiger partial charge in [0, 0.05) is 26.2 Å². The van der Waals surface area contributed by atoms with E-state index in [1.165, 1.54) is 4.31 Å². The number of benzene rings is 1. The van der Waals surface area contributed by atoms with E-state index in [9.17, 15) is 13.2 Å². The third-order valence-corrected chi connectivity index (χ3v) is 7.50. The minimum Gasteiger partial charge on any atom is -0.342 e. The third kappa shape index (κ3) is 5.22. The second-order valence-electron chi connectivity index (χ2n) is 7.96. The number of carbonyl (C=O) groups is 1. The molecule has 2 saturated heterocycles. The van der Waals surface area contributed by atoms with Crippen molar-refractivity contribution in [3.63, 3.8) is 0 Å². The highest BCUT2D eigenvalue weighted by molar-refractivity contribution is 7.88. The zero-order chi connectivity index (χ0) is 18.8. The van der Waals surface area contributed by atoms with Gasteiger partial charge in [-0.05, 0) is 36.8 Å². The Morgan fingerprint density at radius 2 is 1.96 bits per heavy atom. The van der Waals surface area contributed by atoms with Gasteiger partial charge in [0.25, 0.3) is 0 Å². The predicted molar refractivity (Wildman–Crippen MR) is 109 cm³/mol. The van der Waals surface area contributed by atoms with E-state index in [0.29, 0.717) is 26.2 Å². The molecule has 1 aromatic rings. The van der Waals surface area contributed by atoms with Crippen LogP contribution in [-0.2, 0) is 20.6 Å². The molecular weight excluding hydrogens is 386 g/mol. The molecule has 2 aliphatic rings. The number of rotatable bonds is 5. The van der Waals surface area contributed by atoms with Gasteiger partial charge in [0.15, 0.2) is 0 Å². The summed E-state index contributed by atoms with van der Waals surface area (Å²) in [5.74, 6) is -0.166. The molecule has 3 rings (SSSR count). The lowest BCUT2D eigenvalue weighted by atomic mass is 9.90. The Bertz CT molecular complexity index is 744. The van der Waals surface area contributed by atoms with Gasteiger partial charge < -0.3 is 10.6 Å². The molecule has 152 valence electrons. The lowest BCUT2D eigenvalue weighted by Gasteiger charge is -2.33. The quantitative estimate of drug-likeness (QED) is 0.795. The minimum absolute atomic E-state index is 0. The summed E-state index contributed by atoms with van der Waals surface area (Å²) in [6.07, 6.45) is 2.40. The van der Waals surface area contributed by atoms with Crippen LogP contribution in [0.5, 0.6) is 0 Å². The van der Waals surface area contributed by atoms with Crippen LogP contribution >= 0.6 is 12.4 Å². The smallest absolute Gasteiger partial charge is 0.227 e. The highest BCUT2D eigenvalue weighted by atomic mass is 35.5. The van der Waals surface area contributed by atoms with Crippen molar-refractivity contribution >= 4 is 28.3 Å². The molecule has 8 heteroatoms. The second kappa shape index (κ2) is 8.90. The van der Waals surface area contributed by atoms with E-state index in [1.807, 2.05) is 35.2 Å². The van der Waals surface area contributed by atoms with Crippen molar-refractivity contribution in [3.05, 3.63) is 35.9 Å². The molecule has 0 saturated carbocycles. The normalized spacial score (nSPS) is 26.6. The van der Waals surface area contributed by atoms with Crippen molar-refractivity contribution < 1.29 is 13.2 Å². The third-order valence-electron chi connectivity index (χ3n) is 5.68. The average molecular weight is 416 g/mol. The molecule has 0 spiro atoms. The number of amides is 1. The summed E-state index contributed by atoms with van der Waals surface area (Å²) in [6.45, 7) is 4.87. The van der Waals surface area contributed by atoms with E-state index < -0.39 is 10.0 Å². The Morgan fingerprint density at radius 1 is 1.26 bits per heavy atom. The average Bonchev–Trinajstić information content (AvgIpc) is 3.05. The van der Waals surface area contributed by atoms with E-state index in [4.69, 9.17) is 5.73 Å². The van der Waals surface area contributed by atoms with E-state index in [0.717, 1.165) is 31.4 Å². The van der Waals surface area contributed by atoms with E-state index in [2.05, 4.69) is 6.92 Å². The van der Waals surface area contributed by atoms with Gasteiger partial charge in [-0.2, -0.15) is 0 Å². The van der Waals surface area contributed by atoms with Crippen molar-refractivity contribution in [2.24, 2.45) is 17.1 Å². The molecule has 2 heterocycles. The zero-order valence-corrected chi connectivity index (χ0v) is 17.5. The van der Waals surface area contributed by atoms with Crippen LogP contribution in [0.2, 0.25) is 0 Å². The first-order chi connectivity index (χ1) is 12.3. The van der Waals surface area contributed by atoms with Crippen molar-refractivity contribution in [1.82, 2.24) is 9.21 Å². The Kier molecular flexibility index (Phi) is 7.30. The fourth-order valence-electron chi connectivity index (χ4n) is 3.91. The molecule has 1 aromatic carbocycles. The van der Waals surface area contributed by atoms with Gasteiger partial charge in [0.1, 0.15) is 0 Å². The topological polar surface area (TPSA) is 83.7 Å². The molecule has 6 nitrogen and oxygen atoms in total. The monoisotopic (exact) mass is 415 g/mol.